The highest BCUT2D eigenvalue weighted by Crippen LogP contribution is 2.22. The maximum absolute atomic E-state index is 5.66. The topological polar surface area (TPSA) is 26.0 Å². The Bertz CT molecular complexity index is 483. The molecule has 1 nitrogen and oxygen atoms in total. The lowest BCUT2D eigenvalue weighted by Crippen LogP contribution is -1.98. The van der Waals surface area contributed by atoms with Crippen LogP contribution in [0.4, 0.5) is 0 Å². The van der Waals surface area contributed by atoms with Crippen LogP contribution >= 0.6 is 0 Å². The maximum Gasteiger partial charge on any atom is 0.0180 e. The van der Waals surface area contributed by atoms with Gasteiger partial charge in [0.2, 0.25) is 0 Å². The highest BCUT2D eigenvalue weighted by atomic mass is 14.5. The first-order valence-electron chi connectivity index (χ1n) is 5.57. The number of hydrogen-bond acceptors (Lipinski definition) is 1. The number of benzene rings is 2. The standard InChI is InChI=1S/C15H17N/c1-11-3-5-13(6-4-11)14-7-8-15(10-16)12(2)9-14/h3-9H,10,16H2,1-2H3. The summed E-state index contributed by atoms with van der Waals surface area (Å²) in [5.74, 6) is 0. The number of aryl methyl sites for hydroxylation is 2. The molecule has 2 aromatic carbocycles. The summed E-state index contributed by atoms with van der Waals surface area (Å²) in [5.41, 5.74) is 12.0. The summed E-state index contributed by atoms with van der Waals surface area (Å²) in [7, 11) is 0. The van der Waals surface area contributed by atoms with Crippen LogP contribution in [0.3, 0.4) is 0 Å². The second-order valence-electron chi connectivity index (χ2n) is 4.21. The van der Waals surface area contributed by atoms with E-state index >= 15 is 0 Å². The highest BCUT2D eigenvalue weighted by molar-refractivity contribution is 5.65. The summed E-state index contributed by atoms with van der Waals surface area (Å²) >= 11 is 0. The third kappa shape index (κ3) is 2.15. The van der Waals surface area contributed by atoms with Crippen LogP contribution in [0.5, 0.6) is 0 Å². The molecular formula is C15H17N. The molecule has 0 heterocycles. The molecule has 0 atom stereocenters. The van der Waals surface area contributed by atoms with Gasteiger partial charge in [-0.3, -0.25) is 0 Å². The summed E-state index contributed by atoms with van der Waals surface area (Å²) in [4.78, 5) is 0. The van der Waals surface area contributed by atoms with Gasteiger partial charge in [0, 0.05) is 6.54 Å². The van der Waals surface area contributed by atoms with E-state index in [4.69, 9.17) is 5.73 Å². The van der Waals surface area contributed by atoms with Gasteiger partial charge in [0.05, 0.1) is 0 Å². The quantitative estimate of drug-likeness (QED) is 0.809. The largest absolute Gasteiger partial charge is 0.326 e. The molecular weight excluding hydrogens is 194 g/mol. The molecule has 2 rings (SSSR count). The van der Waals surface area contributed by atoms with Gasteiger partial charge in [-0.05, 0) is 36.1 Å². The molecule has 0 saturated heterocycles. The number of nitrogens with two attached hydrogens (primary N) is 1. The van der Waals surface area contributed by atoms with Crippen LogP contribution in [-0.4, -0.2) is 0 Å². The van der Waals surface area contributed by atoms with Crippen molar-refractivity contribution >= 4 is 0 Å². The van der Waals surface area contributed by atoms with Crippen molar-refractivity contribution in [1.82, 2.24) is 0 Å². The lowest BCUT2D eigenvalue weighted by atomic mass is 9.99. The van der Waals surface area contributed by atoms with E-state index in [0.29, 0.717) is 6.54 Å². The summed E-state index contributed by atoms with van der Waals surface area (Å²) in [6.45, 7) is 4.83. The van der Waals surface area contributed by atoms with Crippen molar-refractivity contribution in [2.75, 3.05) is 0 Å². The monoisotopic (exact) mass is 211 g/mol. The van der Waals surface area contributed by atoms with Crippen molar-refractivity contribution in [3.63, 3.8) is 0 Å². The second kappa shape index (κ2) is 4.50. The number of rotatable bonds is 2. The Hall–Kier alpha value is -1.60. The van der Waals surface area contributed by atoms with Gasteiger partial charge in [-0.1, -0.05) is 48.0 Å². The molecule has 2 aromatic rings. The molecule has 0 aliphatic heterocycles. The molecule has 2 N–H and O–H groups in total. The molecule has 0 bridgehead atoms. The molecule has 16 heavy (non-hydrogen) atoms. The van der Waals surface area contributed by atoms with Gasteiger partial charge >= 0.3 is 0 Å². The maximum atomic E-state index is 5.66. The smallest absolute Gasteiger partial charge is 0.0180 e. The van der Waals surface area contributed by atoms with Gasteiger partial charge in [0.1, 0.15) is 0 Å². The predicted molar refractivity (Wildman–Crippen MR) is 69.2 cm³/mol. The van der Waals surface area contributed by atoms with Crippen molar-refractivity contribution in [1.29, 1.82) is 0 Å². The minimum Gasteiger partial charge on any atom is -0.326 e. The Labute approximate surface area is 96.9 Å². The Morgan fingerprint density at radius 2 is 1.50 bits per heavy atom. The molecule has 0 radical (unpaired) electrons. The van der Waals surface area contributed by atoms with E-state index in [1.807, 2.05) is 0 Å². The van der Waals surface area contributed by atoms with Crippen molar-refractivity contribution < 1.29 is 0 Å². The van der Waals surface area contributed by atoms with E-state index in [1.54, 1.807) is 0 Å². The molecule has 0 aromatic heterocycles. The molecule has 0 fully saturated rings. The zero-order valence-electron chi connectivity index (χ0n) is 9.83. The Balaban J connectivity index is 2.41. The van der Waals surface area contributed by atoms with Crippen LogP contribution < -0.4 is 5.73 Å². The molecule has 0 spiro atoms. The van der Waals surface area contributed by atoms with Gasteiger partial charge in [0.15, 0.2) is 0 Å². The molecule has 1 heteroatoms. The fraction of sp³-hybridized carbons (Fsp3) is 0.200. The average Bonchev–Trinajstić information content (AvgIpc) is 2.30. The van der Waals surface area contributed by atoms with Crippen molar-refractivity contribution in [3.8, 4) is 11.1 Å². The van der Waals surface area contributed by atoms with E-state index in [2.05, 4.69) is 56.3 Å². The number of hydrogen-bond donors (Lipinski definition) is 1. The molecule has 82 valence electrons. The van der Waals surface area contributed by atoms with Crippen molar-refractivity contribution in [3.05, 3.63) is 59.2 Å². The van der Waals surface area contributed by atoms with Crippen molar-refractivity contribution in [2.45, 2.75) is 20.4 Å². The van der Waals surface area contributed by atoms with E-state index in [1.165, 1.54) is 27.8 Å². The average molecular weight is 211 g/mol. The Morgan fingerprint density at radius 3 is 2.06 bits per heavy atom. The van der Waals surface area contributed by atoms with Crippen LogP contribution in [0.15, 0.2) is 42.5 Å². The first-order chi connectivity index (χ1) is 7.70. The van der Waals surface area contributed by atoms with Crippen molar-refractivity contribution in [2.24, 2.45) is 5.73 Å². The fourth-order valence-corrected chi connectivity index (χ4v) is 1.85. The Kier molecular flexibility index (Phi) is 3.07. The summed E-state index contributed by atoms with van der Waals surface area (Å²) < 4.78 is 0. The lowest BCUT2D eigenvalue weighted by molar-refractivity contribution is 1.05. The van der Waals surface area contributed by atoms with Gasteiger partial charge in [-0.25, -0.2) is 0 Å². The second-order valence-corrected chi connectivity index (χ2v) is 4.21. The van der Waals surface area contributed by atoms with E-state index in [9.17, 15) is 0 Å². The molecule has 0 amide bonds. The third-order valence-corrected chi connectivity index (χ3v) is 2.95. The van der Waals surface area contributed by atoms with Gasteiger partial charge < -0.3 is 5.73 Å². The zero-order valence-corrected chi connectivity index (χ0v) is 9.83. The van der Waals surface area contributed by atoms with Gasteiger partial charge in [0.25, 0.3) is 0 Å². The third-order valence-electron chi connectivity index (χ3n) is 2.95. The van der Waals surface area contributed by atoms with Crippen LogP contribution in [0.1, 0.15) is 16.7 Å². The fourth-order valence-electron chi connectivity index (χ4n) is 1.85. The Morgan fingerprint density at radius 1 is 0.875 bits per heavy atom. The lowest BCUT2D eigenvalue weighted by Gasteiger charge is -2.07. The van der Waals surface area contributed by atoms with E-state index < -0.39 is 0 Å². The van der Waals surface area contributed by atoms with Crippen LogP contribution in [0.25, 0.3) is 11.1 Å². The molecule has 0 unspecified atom stereocenters. The minimum atomic E-state index is 0.611. The van der Waals surface area contributed by atoms with E-state index in [-0.39, 0.29) is 0 Å². The predicted octanol–water partition coefficient (Wildman–Crippen LogP) is 3.43. The summed E-state index contributed by atoms with van der Waals surface area (Å²) in [6, 6.07) is 15.1. The highest BCUT2D eigenvalue weighted by Gasteiger charge is 2.00. The van der Waals surface area contributed by atoms with Crippen LogP contribution in [0, 0.1) is 13.8 Å². The van der Waals surface area contributed by atoms with Gasteiger partial charge in [-0.15, -0.1) is 0 Å². The van der Waals surface area contributed by atoms with Crippen LogP contribution in [-0.2, 0) is 6.54 Å². The summed E-state index contributed by atoms with van der Waals surface area (Å²) in [5, 5.41) is 0. The SMILES string of the molecule is Cc1ccc(-c2ccc(CN)c(C)c2)cc1. The normalized spacial score (nSPS) is 10.4. The molecule has 0 saturated carbocycles. The zero-order chi connectivity index (χ0) is 11.5. The summed E-state index contributed by atoms with van der Waals surface area (Å²) in [6.07, 6.45) is 0. The van der Waals surface area contributed by atoms with E-state index in [0.717, 1.165) is 0 Å². The minimum absolute atomic E-state index is 0.611. The van der Waals surface area contributed by atoms with Crippen LogP contribution in [0.2, 0.25) is 0 Å². The molecule has 0 aliphatic rings. The first-order valence-corrected chi connectivity index (χ1v) is 5.57. The van der Waals surface area contributed by atoms with Gasteiger partial charge in [-0.2, -0.15) is 0 Å². The first kappa shape index (κ1) is 10.9. The molecule has 0 aliphatic carbocycles.